The molecule has 0 unspecified atom stereocenters. The molecule has 0 aliphatic rings. The number of carboxylic acid groups (broad SMARTS) is 1. The second-order valence-corrected chi connectivity index (χ2v) is 18.2. The van der Waals surface area contributed by atoms with E-state index in [1.807, 2.05) is 45.0 Å². The van der Waals surface area contributed by atoms with Crippen LogP contribution in [0.25, 0.3) is 11.1 Å². The molecule has 0 fully saturated rings. The van der Waals surface area contributed by atoms with Crippen LogP contribution in [0.1, 0.15) is 168 Å². The van der Waals surface area contributed by atoms with Crippen molar-refractivity contribution >= 4 is 41.2 Å². The minimum absolute atomic E-state index is 0.0184. The fourth-order valence-electron chi connectivity index (χ4n) is 7.15. The van der Waals surface area contributed by atoms with Crippen molar-refractivity contribution in [3.8, 4) is 11.1 Å². The van der Waals surface area contributed by atoms with Gasteiger partial charge in [0.15, 0.2) is 11.6 Å². The maximum atomic E-state index is 13.9. The Balaban J connectivity index is 2.08. The Morgan fingerprint density at radius 1 is 0.677 bits per heavy atom. The lowest BCUT2D eigenvalue weighted by atomic mass is 9.91. The van der Waals surface area contributed by atoms with Gasteiger partial charge in [-0.15, -0.1) is 0 Å². The van der Waals surface area contributed by atoms with Crippen molar-refractivity contribution < 1.29 is 43.4 Å². The Morgan fingerprint density at radius 3 is 1.85 bits per heavy atom. The predicted octanol–water partition coefficient (Wildman–Crippen LogP) is 9.60. The molecule has 12 heteroatoms. The van der Waals surface area contributed by atoms with Crippen LogP contribution in [0, 0.1) is 17.8 Å². The number of hydrogen-bond acceptors (Lipinski definition) is 8. The SMILES string of the molecule is CCCCC[C@H](CC(=O)CCCC(=O)c1ccc(-c2ccc(CCCC)cc2)cc1)C(=O)N[C@@H](CCCCNC(=O)OC(C)(C)C)C(=O)C[C@@H](C)C(=O)N[C@@H](CC(C)C)C(=O)O. The molecule has 0 saturated carbocycles. The summed E-state index contributed by atoms with van der Waals surface area (Å²) in [5.74, 6) is -4.26. The monoisotopic (exact) mass is 862 g/mol. The van der Waals surface area contributed by atoms with Crippen molar-refractivity contribution in [2.75, 3.05) is 6.54 Å². The average molecular weight is 862 g/mol. The summed E-state index contributed by atoms with van der Waals surface area (Å²) < 4.78 is 5.29. The van der Waals surface area contributed by atoms with Gasteiger partial charge in [-0.05, 0) is 94.7 Å². The molecule has 4 N–H and O–H groups in total. The molecular weight excluding hydrogens is 787 g/mol. The molecule has 0 radical (unpaired) electrons. The molecule has 0 aliphatic heterocycles. The number of aryl methyl sites for hydroxylation is 1. The van der Waals surface area contributed by atoms with Crippen molar-refractivity contribution in [2.24, 2.45) is 17.8 Å². The van der Waals surface area contributed by atoms with Gasteiger partial charge in [0.1, 0.15) is 17.4 Å². The average Bonchev–Trinajstić information content (AvgIpc) is 3.21. The van der Waals surface area contributed by atoms with Gasteiger partial charge in [-0.25, -0.2) is 9.59 Å². The van der Waals surface area contributed by atoms with Gasteiger partial charge in [-0.2, -0.15) is 0 Å². The number of carboxylic acids is 1. The highest BCUT2D eigenvalue weighted by Crippen LogP contribution is 2.23. The number of nitrogens with one attached hydrogen (secondary N) is 3. The maximum absolute atomic E-state index is 13.9. The van der Waals surface area contributed by atoms with Crippen LogP contribution >= 0.6 is 0 Å². The van der Waals surface area contributed by atoms with Gasteiger partial charge in [0.05, 0.1) is 6.04 Å². The Hall–Kier alpha value is -4.87. The number of rotatable bonds is 30. The highest BCUT2D eigenvalue weighted by atomic mass is 16.6. The lowest BCUT2D eigenvalue weighted by molar-refractivity contribution is -0.143. The molecule has 0 saturated heterocycles. The summed E-state index contributed by atoms with van der Waals surface area (Å²) >= 11 is 0. The van der Waals surface area contributed by atoms with Crippen molar-refractivity contribution in [2.45, 2.75) is 176 Å². The van der Waals surface area contributed by atoms with E-state index >= 15 is 0 Å². The first-order valence-electron chi connectivity index (χ1n) is 22.9. The van der Waals surface area contributed by atoms with Crippen LogP contribution in [-0.2, 0) is 35.1 Å². The van der Waals surface area contributed by atoms with Gasteiger partial charge in [0.25, 0.3) is 0 Å². The predicted molar refractivity (Wildman–Crippen MR) is 244 cm³/mol. The van der Waals surface area contributed by atoms with E-state index in [1.165, 1.54) is 5.56 Å². The lowest BCUT2D eigenvalue weighted by Crippen LogP contribution is -2.47. The molecule has 0 bridgehead atoms. The molecule has 0 spiro atoms. The number of ether oxygens (including phenoxy) is 1. The van der Waals surface area contributed by atoms with Crippen molar-refractivity contribution in [1.82, 2.24) is 16.0 Å². The van der Waals surface area contributed by atoms with E-state index in [2.05, 4.69) is 47.1 Å². The normalized spacial score (nSPS) is 13.4. The van der Waals surface area contributed by atoms with Crippen molar-refractivity contribution in [3.05, 3.63) is 59.7 Å². The van der Waals surface area contributed by atoms with Gasteiger partial charge in [-0.1, -0.05) is 109 Å². The summed E-state index contributed by atoms with van der Waals surface area (Å²) in [5, 5.41) is 17.8. The van der Waals surface area contributed by atoms with E-state index < -0.39 is 53.4 Å². The molecule has 62 heavy (non-hydrogen) atoms. The number of unbranched alkanes of at least 4 members (excludes halogenated alkanes) is 4. The largest absolute Gasteiger partial charge is 0.480 e. The third-order valence-electron chi connectivity index (χ3n) is 10.7. The topological polar surface area (TPSA) is 185 Å². The van der Waals surface area contributed by atoms with Gasteiger partial charge in [-0.3, -0.25) is 24.0 Å². The first-order chi connectivity index (χ1) is 29.3. The third kappa shape index (κ3) is 21.3. The summed E-state index contributed by atoms with van der Waals surface area (Å²) in [5.41, 5.74) is 3.34. The zero-order valence-electron chi connectivity index (χ0n) is 38.7. The van der Waals surface area contributed by atoms with Crippen LogP contribution in [0.15, 0.2) is 48.5 Å². The van der Waals surface area contributed by atoms with Gasteiger partial charge in [0, 0.05) is 49.6 Å². The second kappa shape index (κ2) is 27.9. The summed E-state index contributed by atoms with van der Waals surface area (Å²) in [6.45, 7) is 15.0. The van der Waals surface area contributed by atoms with Crippen LogP contribution in [-0.4, -0.2) is 70.6 Å². The Labute approximate surface area is 370 Å². The number of ketones is 3. The standard InChI is InChI=1S/C50H75N3O9/c1-9-11-13-18-40(33-41(54)19-16-21-44(55)39-28-26-38(27-29-39)37-24-22-36(23-25-37)17-12-10-2)47(58)52-42(20-14-15-30-51-49(61)62-50(6,7)8)45(56)32-35(5)46(57)53-43(48(59)60)31-34(3)4/h22-29,34-35,40,42-43H,9-21,30-33H2,1-8H3,(H,51,61)(H,52,58)(H,53,57)(H,59,60)/t35-,40-,42+,43+/m1/s1. The number of benzene rings is 2. The molecule has 12 nitrogen and oxygen atoms in total. The minimum atomic E-state index is -1.16. The molecule has 2 aromatic carbocycles. The van der Waals surface area contributed by atoms with Crippen LogP contribution in [0.5, 0.6) is 0 Å². The number of alkyl carbamates (subject to hydrolysis) is 1. The van der Waals surface area contributed by atoms with E-state index in [9.17, 15) is 38.7 Å². The second-order valence-electron chi connectivity index (χ2n) is 18.2. The van der Waals surface area contributed by atoms with Crippen LogP contribution < -0.4 is 16.0 Å². The third-order valence-corrected chi connectivity index (χ3v) is 10.7. The van der Waals surface area contributed by atoms with Gasteiger partial charge >= 0.3 is 12.1 Å². The summed E-state index contributed by atoms with van der Waals surface area (Å²) in [6, 6.07) is 14.0. The fraction of sp³-hybridized carbons (Fsp3) is 0.620. The molecule has 0 heterocycles. The fourth-order valence-corrected chi connectivity index (χ4v) is 7.15. The van der Waals surface area contributed by atoms with Crippen LogP contribution in [0.2, 0.25) is 0 Å². The van der Waals surface area contributed by atoms with Crippen LogP contribution in [0.3, 0.4) is 0 Å². The molecule has 2 aromatic rings. The minimum Gasteiger partial charge on any atom is -0.480 e. The highest BCUT2D eigenvalue weighted by Gasteiger charge is 2.30. The van der Waals surface area contributed by atoms with Crippen molar-refractivity contribution in [3.63, 3.8) is 0 Å². The Morgan fingerprint density at radius 2 is 1.27 bits per heavy atom. The Bertz CT molecular complexity index is 1730. The first-order valence-corrected chi connectivity index (χ1v) is 22.9. The smallest absolute Gasteiger partial charge is 0.407 e. The molecule has 0 aromatic heterocycles. The molecule has 3 amide bonds. The number of amides is 3. The molecule has 0 aliphatic carbocycles. The summed E-state index contributed by atoms with van der Waals surface area (Å²) in [6.07, 6.45) is 7.55. The zero-order chi connectivity index (χ0) is 46.2. The highest BCUT2D eigenvalue weighted by molar-refractivity contribution is 5.97. The lowest BCUT2D eigenvalue weighted by Gasteiger charge is -2.24. The maximum Gasteiger partial charge on any atom is 0.407 e. The van der Waals surface area contributed by atoms with Gasteiger partial charge < -0.3 is 25.8 Å². The molecule has 2 rings (SSSR count). The number of carbonyl (C=O) groups excluding carboxylic acids is 6. The Kier molecular flexibility index (Phi) is 24.0. The van der Waals surface area contributed by atoms with E-state index in [0.717, 1.165) is 43.2 Å². The van der Waals surface area contributed by atoms with E-state index in [4.69, 9.17) is 4.74 Å². The molecular formula is C50H75N3O9. The van der Waals surface area contributed by atoms with E-state index in [-0.39, 0.29) is 68.3 Å². The molecule has 4 atom stereocenters. The summed E-state index contributed by atoms with van der Waals surface area (Å²) in [7, 11) is 0. The van der Waals surface area contributed by atoms with Crippen LogP contribution in [0.4, 0.5) is 4.79 Å². The number of aliphatic carboxylic acids is 1. The number of hydrogen-bond donors (Lipinski definition) is 4. The summed E-state index contributed by atoms with van der Waals surface area (Å²) in [4.78, 5) is 91.1. The van der Waals surface area contributed by atoms with E-state index in [1.54, 1.807) is 27.7 Å². The first kappa shape index (κ1) is 53.3. The molecule has 344 valence electrons. The quantitative estimate of drug-likeness (QED) is 0.0439. The number of Topliss-reactive ketones (excluding diaryl/α,β-unsaturated/α-hetero) is 3. The van der Waals surface area contributed by atoms with Gasteiger partial charge in [0.2, 0.25) is 11.8 Å². The van der Waals surface area contributed by atoms with E-state index in [0.29, 0.717) is 37.7 Å². The zero-order valence-corrected chi connectivity index (χ0v) is 38.7. The van der Waals surface area contributed by atoms with Crippen molar-refractivity contribution in [1.29, 1.82) is 0 Å². The number of carbonyl (C=O) groups is 7.